The minimum absolute atomic E-state index is 0.274. The van der Waals surface area contributed by atoms with E-state index >= 15 is 0 Å². The molecule has 106 valence electrons. The molecular weight excluding hydrogens is 264 g/mol. The molecule has 1 aromatic carbocycles. The van der Waals surface area contributed by atoms with Gasteiger partial charge in [0.05, 0.1) is 0 Å². The summed E-state index contributed by atoms with van der Waals surface area (Å²) in [4.78, 5) is 18.1. The number of hydrogen-bond acceptors (Lipinski definition) is 3. The largest absolute Gasteiger partial charge is 0.444 e. The zero-order valence-electron chi connectivity index (χ0n) is 11.7. The highest BCUT2D eigenvalue weighted by Crippen LogP contribution is 2.27. The molecule has 0 radical (unpaired) electrons. The van der Waals surface area contributed by atoms with Gasteiger partial charge in [0.2, 0.25) is 0 Å². The summed E-state index contributed by atoms with van der Waals surface area (Å²) in [5, 5.41) is 0. The molecule has 21 heavy (non-hydrogen) atoms. The van der Waals surface area contributed by atoms with Crippen molar-refractivity contribution in [3.8, 4) is 0 Å². The van der Waals surface area contributed by atoms with Gasteiger partial charge in [-0.25, -0.2) is 9.78 Å². The second-order valence-corrected chi connectivity index (χ2v) is 4.90. The van der Waals surface area contributed by atoms with Gasteiger partial charge in [-0.1, -0.05) is 43.0 Å². The fourth-order valence-electron chi connectivity index (χ4n) is 2.37. The zero-order valence-corrected chi connectivity index (χ0v) is 11.7. The maximum atomic E-state index is 12.2. The average Bonchev–Trinajstić information content (AvgIpc) is 2.96. The molecular formula is C17H16N2O2. The van der Waals surface area contributed by atoms with Crippen LogP contribution in [0.3, 0.4) is 0 Å². The molecule has 0 unspecified atom stereocenters. The van der Waals surface area contributed by atoms with E-state index in [-0.39, 0.29) is 12.7 Å². The standard InChI is InChI=1S/C17H16N2O2/c1-2-13-10-15-8-9-19(16(15)18-11-13)17(20)21-12-14-6-4-3-5-7-14/h2-7,10-11H,1,8-9,12H2. The highest BCUT2D eigenvalue weighted by atomic mass is 16.6. The lowest BCUT2D eigenvalue weighted by molar-refractivity contribution is 0.147. The van der Waals surface area contributed by atoms with Crippen molar-refractivity contribution in [3.63, 3.8) is 0 Å². The number of benzene rings is 1. The lowest BCUT2D eigenvalue weighted by atomic mass is 10.2. The number of aromatic nitrogens is 1. The van der Waals surface area contributed by atoms with Gasteiger partial charge in [0.25, 0.3) is 0 Å². The van der Waals surface area contributed by atoms with Crippen molar-refractivity contribution >= 4 is 18.0 Å². The zero-order chi connectivity index (χ0) is 14.7. The van der Waals surface area contributed by atoms with Crippen molar-refractivity contribution in [3.05, 3.63) is 65.9 Å². The van der Waals surface area contributed by atoms with Gasteiger partial charge in [-0.3, -0.25) is 4.90 Å². The first-order valence-electron chi connectivity index (χ1n) is 6.87. The van der Waals surface area contributed by atoms with Crippen LogP contribution in [0.1, 0.15) is 16.7 Å². The smallest absolute Gasteiger partial charge is 0.415 e. The fraction of sp³-hybridized carbons (Fsp3) is 0.176. The van der Waals surface area contributed by atoms with Crippen molar-refractivity contribution in [2.24, 2.45) is 0 Å². The topological polar surface area (TPSA) is 42.4 Å². The Bertz CT molecular complexity index is 668. The summed E-state index contributed by atoms with van der Waals surface area (Å²) in [7, 11) is 0. The maximum absolute atomic E-state index is 12.2. The number of nitrogens with zero attached hydrogens (tertiary/aromatic N) is 2. The van der Waals surface area contributed by atoms with Crippen LogP contribution < -0.4 is 4.90 Å². The van der Waals surface area contributed by atoms with E-state index in [9.17, 15) is 4.79 Å². The summed E-state index contributed by atoms with van der Waals surface area (Å²) in [6.45, 7) is 4.61. The number of fused-ring (bicyclic) bond motifs is 1. The Kier molecular flexibility index (Phi) is 3.69. The van der Waals surface area contributed by atoms with E-state index in [0.717, 1.165) is 23.1 Å². The first-order chi connectivity index (χ1) is 10.3. The van der Waals surface area contributed by atoms with E-state index in [4.69, 9.17) is 4.74 Å². The molecule has 0 fully saturated rings. The molecule has 0 aliphatic carbocycles. The van der Waals surface area contributed by atoms with E-state index in [1.54, 1.807) is 17.2 Å². The molecule has 0 atom stereocenters. The molecule has 3 rings (SSSR count). The van der Waals surface area contributed by atoms with E-state index in [0.29, 0.717) is 12.4 Å². The third kappa shape index (κ3) is 2.79. The number of carbonyl (C=O) groups is 1. The Labute approximate surface area is 123 Å². The predicted octanol–water partition coefficient (Wildman–Crippen LogP) is 3.42. The Hall–Kier alpha value is -2.62. The first-order valence-corrected chi connectivity index (χ1v) is 6.87. The number of amides is 1. The monoisotopic (exact) mass is 280 g/mol. The third-order valence-electron chi connectivity index (χ3n) is 3.49. The Balaban J connectivity index is 1.69. The predicted molar refractivity (Wildman–Crippen MR) is 82.0 cm³/mol. The van der Waals surface area contributed by atoms with Crippen LogP contribution in [0.15, 0.2) is 49.2 Å². The highest BCUT2D eigenvalue weighted by molar-refractivity contribution is 5.89. The van der Waals surface area contributed by atoms with Gasteiger partial charge in [0.1, 0.15) is 12.4 Å². The summed E-state index contributed by atoms with van der Waals surface area (Å²) < 4.78 is 5.35. The van der Waals surface area contributed by atoms with Gasteiger partial charge in [-0.05, 0) is 29.2 Å². The van der Waals surface area contributed by atoms with Crippen LogP contribution in [-0.4, -0.2) is 17.6 Å². The number of carbonyl (C=O) groups excluding carboxylic acids is 1. The molecule has 1 aliphatic rings. The summed E-state index contributed by atoms with van der Waals surface area (Å²) in [5.41, 5.74) is 3.00. The number of rotatable bonds is 3. The normalized spacial score (nSPS) is 12.9. The summed E-state index contributed by atoms with van der Waals surface area (Å²) in [6, 6.07) is 11.7. The number of ether oxygens (including phenoxy) is 1. The van der Waals surface area contributed by atoms with Crippen molar-refractivity contribution < 1.29 is 9.53 Å². The lowest BCUT2D eigenvalue weighted by Gasteiger charge is -2.16. The quantitative estimate of drug-likeness (QED) is 0.865. The Morgan fingerprint density at radius 2 is 2.19 bits per heavy atom. The summed E-state index contributed by atoms with van der Waals surface area (Å²) in [6.07, 6.45) is 3.92. The van der Waals surface area contributed by atoms with E-state index in [1.165, 1.54) is 0 Å². The van der Waals surface area contributed by atoms with Gasteiger partial charge in [-0.2, -0.15) is 0 Å². The van der Waals surface area contributed by atoms with Crippen LogP contribution in [0.2, 0.25) is 0 Å². The van der Waals surface area contributed by atoms with Crippen LogP contribution in [0.5, 0.6) is 0 Å². The molecule has 1 amide bonds. The minimum atomic E-state index is -0.351. The molecule has 1 aromatic heterocycles. The van der Waals surface area contributed by atoms with E-state index in [2.05, 4.69) is 11.6 Å². The molecule has 0 saturated heterocycles. The average molecular weight is 280 g/mol. The number of hydrogen-bond donors (Lipinski definition) is 0. The van der Waals surface area contributed by atoms with Gasteiger partial charge in [0.15, 0.2) is 0 Å². The van der Waals surface area contributed by atoms with E-state index in [1.807, 2.05) is 36.4 Å². The SMILES string of the molecule is C=Cc1cnc2c(c1)CCN2C(=O)OCc1ccccc1. The van der Waals surface area contributed by atoms with Gasteiger partial charge < -0.3 is 4.74 Å². The van der Waals surface area contributed by atoms with Crippen LogP contribution in [-0.2, 0) is 17.8 Å². The molecule has 1 aliphatic heterocycles. The molecule has 4 nitrogen and oxygen atoms in total. The Morgan fingerprint density at radius 3 is 2.95 bits per heavy atom. The second kappa shape index (κ2) is 5.79. The van der Waals surface area contributed by atoms with Crippen molar-refractivity contribution in [2.75, 3.05) is 11.4 Å². The van der Waals surface area contributed by atoms with Crippen LogP contribution in [0.25, 0.3) is 6.08 Å². The van der Waals surface area contributed by atoms with Crippen LogP contribution in [0, 0.1) is 0 Å². The van der Waals surface area contributed by atoms with Gasteiger partial charge in [-0.15, -0.1) is 0 Å². The molecule has 2 aromatic rings. The van der Waals surface area contributed by atoms with Crippen LogP contribution in [0.4, 0.5) is 10.6 Å². The van der Waals surface area contributed by atoms with E-state index < -0.39 is 0 Å². The second-order valence-electron chi connectivity index (χ2n) is 4.90. The van der Waals surface area contributed by atoms with Crippen LogP contribution >= 0.6 is 0 Å². The first kappa shape index (κ1) is 13.4. The molecule has 0 bridgehead atoms. The molecule has 2 heterocycles. The summed E-state index contributed by atoms with van der Waals surface area (Å²) >= 11 is 0. The highest BCUT2D eigenvalue weighted by Gasteiger charge is 2.27. The van der Waals surface area contributed by atoms with Gasteiger partial charge in [0, 0.05) is 12.7 Å². The molecule has 4 heteroatoms. The Morgan fingerprint density at radius 1 is 1.38 bits per heavy atom. The molecule has 0 saturated carbocycles. The fourth-order valence-corrected chi connectivity index (χ4v) is 2.37. The lowest BCUT2D eigenvalue weighted by Crippen LogP contribution is -2.30. The number of anilines is 1. The molecule has 0 spiro atoms. The van der Waals surface area contributed by atoms with Gasteiger partial charge >= 0.3 is 6.09 Å². The van der Waals surface area contributed by atoms with Crippen molar-refractivity contribution in [1.82, 2.24) is 4.98 Å². The van der Waals surface area contributed by atoms with Crippen molar-refractivity contribution in [1.29, 1.82) is 0 Å². The number of pyridine rings is 1. The molecule has 0 N–H and O–H groups in total. The maximum Gasteiger partial charge on any atom is 0.415 e. The minimum Gasteiger partial charge on any atom is -0.444 e. The van der Waals surface area contributed by atoms with Crippen molar-refractivity contribution in [2.45, 2.75) is 13.0 Å². The summed E-state index contributed by atoms with van der Waals surface area (Å²) in [5.74, 6) is 0.693. The third-order valence-corrected chi connectivity index (χ3v) is 3.49.